The number of rotatable bonds is 3. The third kappa shape index (κ3) is 4.93. The van der Waals surface area contributed by atoms with Crippen LogP contribution in [-0.2, 0) is 4.79 Å². The molecule has 0 aromatic heterocycles. The lowest BCUT2D eigenvalue weighted by atomic mass is 9.89. The van der Waals surface area contributed by atoms with Crippen LogP contribution in [0, 0.1) is 5.92 Å². The van der Waals surface area contributed by atoms with Crippen LogP contribution >= 0.6 is 0 Å². The molecule has 3 rings (SSSR count). The molecule has 148 valence electrons. The lowest BCUT2D eigenvalue weighted by Crippen LogP contribution is -2.54. The van der Waals surface area contributed by atoms with E-state index in [4.69, 9.17) is 0 Å². The van der Waals surface area contributed by atoms with Crippen molar-refractivity contribution in [3.8, 4) is 5.75 Å². The predicted octanol–water partition coefficient (Wildman–Crippen LogP) is 2.93. The molecule has 1 unspecified atom stereocenters. The van der Waals surface area contributed by atoms with Gasteiger partial charge in [-0.3, -0.25) is 4.79 Å². The van der Waals surface area contributed by atoms with Crippen molar-refractivity contribution >= 4 is 11.9 Å². The summed E-state index contributed by atoms with van der Waals surface area (Å²) in [5.74, 6) is 0.845. The number of carbonyl (C=O) groups is 2. The first-order chi connectivity index (χ1) is 12.9. The zero-order chi connectivity index (χ0) is 19.4. The van der Waals surface area contributed by atoms with Gasteiger partial charge in [-0.2, -0.15) is 0 Å². The van der Waals surface area contributed by atoms with Crippen molar-refractivity contribution in [2.75, 3.05) is 26.2 Å². The molecule has 2 aliphatic rings. The van der Waals surface area contributed by atoms with Crippen LogP contribution in [0.15, 0.2) is 24.3 Å². The van der Waals surface area contributed by atoms with Crippen molar-refractivity contribution in [3.63, 3.8) is 0 Å². The Balaban J connectivity index is 1.49. The minimum Gasteiger partial charge on any atom is -0.508 e. The van der Waals surface area contributed by atoms with Gasteiger partial charge >= 0.3 is 6.03 Å². The van der Waals surface area contributed by atoms with E-state index in [9.17, 15) is 14.7 Å². The molecular weight excluding hydrogens is 342 g/mol. The summed E-state index contributed by atoms with van der Waals surface area (Å²) in [7, 11) is 0. The lowest BCUT2D eigenvalue weighted by Gasteiger charge is -2.37. The molecule has 0 aliphatic carbocycles. The first-order valence-corrected chi connectivity index (χ1v) is 10.1. The Morgan fingerprint density at radius 2 is 1.85 bits per heavy atom. The molecule has 2 aliphatic heterocycles. The van der Waals surface area contributed by atoms with Crippen molar-refractivity contribution in [2.45, 2.75) is 51.5 Å². The summed E-state index contributed by atoms with van der Waals surface area (Å²) in [5.41, 5.74) is 1.14. The predicted molar refractivity (Wildman–Crippen MR) is 105 cm³/mol. The number of amides is 3. The van der Waals surface area contributed by atoms with E-state index in [0.717, 1.165) is 37.8 Å². The fraction of sp³-hybridized carbons (Fsp3) is 0.619. The molecule has 2 saturated heterocycles. The van der Waals surface area contributed by atoms with Gasteiger partial charge in [0.05, 0.1) is 0 Å². The number of phenolic OH excluding ortho intramolecular Hbond substituents is 1. The average molecular weight is 373 g/mol. The molecule has 6 heteroatoms. The highest BCUT2D eigenvalue weighted by molar-refractivity contribution is 5.78. The molecule has 0 radical (unpaired) electrons. The van der Waals surface area contributed by atoms with E-state index in [2.05, 4.69) is 5.32 Å². The first-order valence-electron chi connectivity index (χ1n) is 10.1. The molecular formula is C21H31N3O3. The van der Waals surface area contributed by atoms with Crippen LogP contribution in [0.25, 0.3) is 0 Å². The van der Waals surface area contributed by atoms with Crippen molar-refractivity contribution in [2.24, 2.45) is 5.92 Å². The molecule has 0 saturated carbocycles. The fourth-order valence-electron chi connectivity index (χ4n) is 4.12. The van der Waals surface area contributed by atoms with E-state index >= 15 is 0 Å². The molecule has 0 spiro atoms. The number of nitrogens with zero attached hydrogens (tertiary/aromatic N) is 2. The highest BCUT2D eigenvalue weighted by Gasteiger charge is 2.29. The normalized spacial score (nSPS) is 21.4. The maximum atomic E-state index is 12.6. The molecule has 2 heterocycles. The van der Waals surface area contributed by atoms with E-state index in [1.54, 1.807) is 6.07 Å². The number of phenols is 1. The second-order valence-corrected chi connectivity index (χ2v) is 8.08. The number of hydrogen-bond donors (Lipinski definition) is 2. The van der Waals surface area contributed by atoms with Gasteiger partial charge in [-0.1, -0.05) is 26.0 Å². The van der Waals surface area contributed by atoms with Crippen LogP contribution in [0.5, 0.6) is 5.75 Å². The Kier molecular flexibility index (Phi) is 6.24. The van der Waals surface area contributed by atoms with E-state index < -0.39 is 0 Å². The molecule has 2 fully saturated rings. The lowest BCUT2D eigenvalue weighted by molar-refractivity contribution is -0.135. The molecule has 27 heavy (non-hydrogen) atoms. The Morgan fingerprint density at radius 1 is 1.11 bits per heavy atom. The first kappa shape index (κ1) is 19.5. The number of piperidine rings is 2. The zero-order valence-electron chi connectivity index (χ0n) is 16.4. The van der Waals surface area contributed by atoms with E-state index in [1.807, 2.05) is 41.8 Å². The Morgan fingerprint density at radius 3 is 2.52 bits per heavy atom. The van der Waals surface area contributed by atoms with Crippen LogP contribution in [0.4, 0.5) is 4.79 Å². The molecule has 1 atom stereocenters. The summed E-state index contributed by atoms with van der Waals surface area (Å²) in [6.07, 6.45) is 3.66. The molecule has 1 aromatic carbocycles. The van der Waals surface area contributed by atoms with Gasteiger partial charge in [-0.05, 0) is 49.3 Å². The number of hydrogen-bond acceptors (Lipinski definition) is 3. The van der Waals surface area contributed by atoms with Crippen LogP contribution in [-0.4, -0.2) is 59.1 Å². The molecule has 1 aromatic rings. The molecule has 6 nitrogen and oxygen atoms in total. The standard InChI is InChI=1S/C21H31N3O3/c1-15(2)20(26)24-10-4-6-18(14-24)22-21(27)23-11-8-16(9-12-23)17-5-3-7-19(25)13-17/h3,5,7,13,15-16,18,25H,4,6,8-12,14H2,1-2H3,(H,22,27). The van der Waals surface area contributed by atoms with Crippen LogP contribution < -0.4 is 5.32 Å². The van der Waals surface area contributed by atoms with Gasteiger partial charge in [0.2, 0.25) is 5.91 Å². The summed E-state index contributed by atoms with van der Waals surface area (Å²) in [5, 5.41) is 12.8. The van der Waals surface area contributed by atoms with Crippen LogP contribution in [0.3, 0.4) is 0 Å². The third-order valence-electron chi connectivity index (χ3n) is 5.68. The maximum Gasteiger partial charge on any atom is 0.317 e. The quantitative estimate of drug-likeness (QED) is 0.856. The topological polar surface area (TPSA) is 72.9 Å². The summed E-state index contributed by atoms with van der Waals surface area (Å²) in [4.78, 5) is 28.6. The Labute approximate surface area is 161 Å². The van der Waals surface area contributed by atoms with Crippen LogP contribution in [0.2, 0.25) is 0 Å². The van der Waals surface area contributed by atoms with Crippen molar-refractivity contribution in [3.05, 3.63) is 29.8 Å². The minimum atomic E-state index is -0.0202. The number of aromatic hydroxyl groups is 1. The molecule has 2 N–H and O–H groups in total. The van der Waals surface area contributed by atoms with E-state index in [-0.39, 0.29) is 23.9 Å². The minimum absolute atomic E-state index is 0.00379. The number of benzene rings is 1. The van der Waals surface area contributed by atoms with Gasteiger partial charge in [-0.15, -0.1) is 0 Å². The third-order valence-corrected chi connectivity index (χ3v) is 5.68. The summed E-state index contributed by atoms with van der Waals surface area (Å²) in [6, 6.07) is 7.44. The highest BCUT2D eigenvalue weighted by atomic mass is 16.3. The molecule has 0 bridgehead atoms. The van der Waals surface area contributed by atoms with Gasteiger partial charge in [0.15, 0.2) is 0 Å². The van der Waals surface area contributed by atoms with Gasteiger partial charge in [0, 0.05) is 38.1 Å². The average Bonchev–Trinajstić information content (AvgIpc) is 2.67. The Hall–Kier alpha value is -2.24. The zero-order valence-corrected chi connectivity index (χ0v) is 16.4. The second kappa shape index (κ2) is 8.63. The van der Waals surface area contributed by atoms with Crippen molar-refractivity contribution in [1.82, 2.24) is 15.1 Å². The monoisotopic (exact) mass is 373 g/mol. The van der Waals surface area contributed by atoms with Gasteiger partial charge in [-0.25, -0.2) is 4.79 Å². The highest BCUT2D eigenvalue weighted by Crippen LogP contribution is 2.29. The number of urea groups is 1. The maximum absolute atomic E-state index is 12.6. The largest absolute Gasteiger partial charge is 0.508 e. The number of carbonyl (C=O) groups excluding carboxylic acids is 2. The smallest absolute Gasteiger partial charge is 0.317 e. The summed E-state index contributed by atoms with van der Waals surface area (Å²) < 4.78 is 0. The number of likely N-dealkylation sites (tertiary alicyclic amines) is 2. The second-order valence-electron chi connectivity index (χ2n) is 8.08. The van der Waals surface area contributed by atoms with Crippen LogP contribution in [0.1, 0.15) is 51.0 Å². The Bertz CT molecular complexity index is 668. The number of nitrogens with one attached hydrogen (secondary N) is 1. The molecule has 3 amide bonds. The van der Waals surface area contributed by atoms with Gasteiger partial charge < -0.3 is 20.2 Å². The van der Waals surface area contributed by atoms with E-state index in [0.29, 0.717) is 31.3 Å². The van der Waals surface area contributed by atoms with Crippen molar-refractivity contribution in [1.29, 1.82) is 0 Å². The SMILES string of the molecule is CC(C)C(=O)N1CCCC(NC(=O)N2CCC(c3cccc(O)c3)CC2)C1. The van der Waals surface area contributed by atoms with Gasteiger partial charge in [0.1, 0.15) is 5.75 Å². The van der Waals surface area contributed by atoms with Gasteiger partial charge in [0.25, 0.3) is 0 Å². The van der Waals surface area contributed by atoms with E-state index in [1.165, 1.54) is 0 Å². The summed E-state index contributed by atoms with van der Waals surface area (Å²) in [6.45, 7) is 6.67. The summed E-state index contributed by atoms with van der Waals surface area (Å²) >= 11 is 0. The van der Waals surface area contributed by atoms with Crippen molar-refractivity contribution < 1.29 is 14.7 Å². The fourth-order valence-corrected chi connectivity index (χ4v) is 4.12.